The van der Waals surface area contributed by atoms with Crippen LogP contribution >= 0.6 is 0 Å². The molecule has 146 valence electrons. The molecule has 1 saturated heterocycles. The first-order valence-corrected chi connectivity index (χ1v) is 9.47. The third-order valence-corrected chi connectivity index (χ3v) is 4.96. The zero-order valence-corrected chi connectivity index (χ0v) is 15.7. The number of carbonyl (C=O) groups excluding carboxylic acids is 1. The van der Waals surface area contributed by atoms with Gasteiger partial charge in [-0.25, -0.2) is 14.8 Å². The molecule has 8 heteroatoms. The van der Waals surface area contributed by atoms with Gasteiger partial charge in [0.05, 0.1) is 12.1 Å². The van der Waals surface area contributed by atoms with Crippen molar-refractivity contribution in [1.82, 2.24) is 19.4 Å². The number of amides is 1. The molecule has 1 fully saturated rings. The number of piperidine rings is 1. The Morgan fingerprint density at radius 2 is 2.07 bits per heavy atom. The van der Waals surface area contributed by atoms with E-state index < -0.39 is 5.76 Å². The van der Waals surface area contributed by atoms with Gasteiger partial charge in [0, 0.05) is 18.9 Å². The predicted molar refractivity (Wildman–Crippen MR) is 102 cm³/mol. The molecule has 1 aliphatic heterocycles. The van der Waals surface area contributed by atoms with E-state index in [4.69, 9.17) is 9.15 Å². The molecule has 0 bridgehead atoms. The third-order valence-electron chi connectivity index (χ3n) is 4.96. The van der Waals surface area contributed by atoms with Crippen LogP contribution in [0.15, 0.2) is 45.9 Å². The number of aryl methyl sites for hydroxylation is 1. The van der Waals surface area contributed by atoms with E-state index >= 15 is 0 Å². The monoisotopic (exact) mass is 382 g/mol. The van der Waals surface area contributed by atoms with Gasteiger partial charge in [0.15, 0.2) is 5.58 Å². The first-order valence-electron chi connectivity index (χ1n) is 9.47. The van der Waals surface area contributed by atoms with Gasteiger partial charge in [0.2, 0.25) is 5.91 Å². The highest BCUT2D eigenvalue weighted by Crippen LogP contribution is 2.17. The Hall–Kier alpha value is -3.16. The van der Waals surface area contributed by atoms with Gasteiger partial charge < -0.3 is 14.1 Å². The Kier molecular flexibility index (Phi) is 5.10. The number of ether oxygens (including phenoxy) is 1. The number of para-hydroxylation sites is 2. The largest absolute Gasteiger partial charge is 0.458 e. The second kappa shape index (κ2) is 7.84. The minimum absolute atomic E-state index is 0.0513. The topological polar surface area (TPSA) is 90.5 Å². The van der Waals surface area contributed by atoms with E-state index in [0.717, 1.165) is 24.8 Å². The smallest absolute Gasteiger partial charge is 0.420 e. The van der Waals surface area contributed by atoms with E-state index in [-0.39, 0.29) is 18.6 Å². The van der Waals surface area contributed by atoms with Crippen molar-refractivity contribution in [2.24, 2.45) is 0 Å². The number of fused-ring (bicyclic) bond motifs is 1. The van der Waals surface area contributed by atoms with Gasteiger partial charge in [-0.1, -0.05) is 19.1 Å². The van der Waals surface area contributed by atoms with E-state index in [0.29, 0.717) is 30.2 Å². The Balaban J connectivity index is 1.42. The summed E-state index contributed by atoms with van der Waals surface area (Å²) in [5.74, 6) is -0.659. The van der Waals surface area contributed by atoms with Crippen molar-refractivity contribution in [3.05, 3.63) is 52.8 Å². The summed E-state index contributed by atoms with van der Waals surface area (Å²) < 4.78 is 12.4. The summed E-state index contributed by atoms with van der Waals surface area (Å²) in [7, 11) is 0. The molecule has 0 saturated carbocycles. The van der Waals surface area contributed by atoms with Gasteiger partial charge in [-0.05, 0) is 37.0 Å². The average Bonchev–Trinajstić information content (AvgIpc) is 3.04. The van der Waals surface area contributed by atoms with Crippen LogP contribution in [0.2, 0.25) is 0 Å². The van der Waals surface area contributed by atoms with Crippen molar-refractivity contribution in [2.45, 2.75) is 38.8 Å². The average molecular weight is 382 g/mol. The maximum Gasteiger partial charge on any atom is 0.420 e. The predicted octanol–water partition coefficient (Wildman–Crippen LogP) is 2.02. The number of likely N-dealkylation sites (tertiary alicyclic amines) is 1. The van der Waals surface area contributed by atoms with Crippen molar-refractivity contribution in [2.75, 3.05) is 13.1 Å². The SMILES string of the molecule is CCc1cnc(OC2CCCN(C(=O)Cn3c(=O)oc4ccccc43)C2)nc1. The molecule has 28 heavy (non-hydrogen) atoms. The maximum absolute atomic E-state index is 12.8. The van der Waals surface area contributed by atoms with Gasteiger partial charge in [0.1, 0.15) is 12.6 Å². The molecular formula is C20H22N4O4. The van der Waals surface area contributed by atoms with Crippen molar-refractivity contribution in [3.63, 3.8) is 0 Å². The standard InChI is InChI=1S/C20H22N4O4/c1-2-14-10-21-19(22-11-14)27-15-6-5-9-23(12-15)18(25)13-24-16-7-3-4-8-17(16)28-20(24)26/h3-4,7-8,10-11,15H,2,5-6,9,12-13H2,1H3. The van der Waals surface area contributed by atoms with E-state index in [9.17, 15) is 9.59 Å². The van der Waals surface area contributed by atoms with Crippen LogP contribution in [0.4, 0.5) is 0 Å². The summed E-state index contributed by atoms with van der Waals surface area (Å²) in [6.07, 6.45) is 5.87. The van der Waals surface area contributed by atoms with E-state index in [1.165, 1.54) is 4.57 Å². The van der Waals surface area contributed by atoms with Crippen LogP contribution in [-0.2, 0) is 17.8 Å². The minimum atomic E-state index is -0.524. The first kappa shape index (κ1) is 18.2. The summed E-state index contributed by atoms with van der Waals surface area (Å²) in [6, 6.07) is 7.42. The number of benzene rings is 1. The van der Waals surface area contributed by atoms with E-state index in [2.05, 4.69) is 9.97 Å². The van der Waals surface area contributed by atoms with Crippen LogP contribution in [0.5, 0.6) is 6.01 Å². The second-order valence-electron chi connectivity index (χ2n) is 6.87. The van der Waals surface area contributed by atoms with Crippen LogP contribution < -0.4 is 10.5 Å². The first-order chi connectivity index (χ1) is 13.6. The lowest BCUT2D eigenvalue weighted by Crippen LogP contribution is -2.46. The van der Waals surface area contributed by atoms with E-state index in [1.807, 2.05) is 13.0 Å². The molecule has 0 radical (unpaired) electrons. The van der Waals surface area contributed by atoms with Crippen molar-refractivity contribution < 1.29 is 13.9 Å². The number of rotatable bonds is 5. The zero-order valence-electron chi connectivity index (χ0n) is 15.7. The normalized spacial score (nSPS) is 17.0. The Labute approximate surface area is 161 Å². The fourth-order valence-corrected chi connectivity index (χ4v) is 3.40. The molecule has 0 N–H and O–H groups in total. The summed E-state index contributed by atoms with van der Waals surface area (Å²) in [5, 5.41) is 0. The second-order valence-corrected chi connectivity index (χ2v) is 6.87. The molecule has 2 aromatic heterocycles. The molecule has 1 aliphatic rings. The Bertz CT molecular complexity index is 1020. The van der Waals surface area contributed by atoms with Gasteiger partial charge in [0.25, 0.3) is 0 Å². The molecule has 0 aliphatic carbocycles. The van der Waals surface area contributed by atoms with Crippen molar-refractivity contribution >= 4 is 17.0 Å². The molecule has 1 unspecified atom stereocenters. The molecule has 1 atom stereocenters. The highest BCUT2D eigenvalue weighted by Gasteiger charge is 2.26. The number of aromatic nitrogens is 3. The Morgan fingerprint density at radius 3 is 2.86 bits per heavy atom. The fraction of sp³-hybridized carbons (Fsp3) is 0.400. The van der Waals surface area contributed by atoms with Gasteiger partial charge in [-0.3, -0.25) is 9.36 Å². The Morgan fingerprint density at radius 1 is 1.29 bits per heavy atom. The summed E-state index contributed by atoms with van der Waals surface area (Å²) in [6.45, 7) is 3.07. The lowest BCUT2D eigenvalue weighted by atomic mass is 10.1. The third kappa shape index (κ3) is 3.76. The number of oxazole rings is 1. The summed E-state index contributed by atoms with van der Waals surface area (Å²) in [4.78, 5) is 35.1. The molecule has 8 nitrogen and oxygen atoms in total. The molecule has 3 heterocycles. The van der Waals surface area contributed by atoms with Gasteiger partial charge in [-0.15, -0.1) is 0 Å². The minimum Gasteiger partial charge on any atom is -0.458 e. The van der Waals surface area contributed by atoms with Crippen LogP contribution in [0.1, 0.15) is 25.3 Å². The molecule has 4 rings (SSSR count). The highest BCUT2D eigenvalue weighted by molar-refractivity contribution is 5.79. The number of hydrogen-bond donors (Lipinski definition) is 0. The highest BCUT2D eigenvalue weighted by atomic mass is 16.5. The fourth-order valence-electron chi connectivity index (χ4n) is 3.40. The van der Waals surface area contributed by atoms with Crippen LogP contribution in [0.25, 0.3) is 11.1 Å². The van der Waals surface area contributed by atoms with Crippen molar-refractivity contribution in [3.8, 4) is 6.01 Å². The summed E-state index contributed by atoms with van der Waals surface area (Å²) >= 11 is 0. The van der Waals surface area contributed by atoms with Crippen LogP contribution in [-0.4, -0.2) is 44.5 Å². The molecule has 0 spiro atoms. The molecule has 1 amide bonds. The lowest BCUT2D eigenvalue weighted by molar-refractivity contribution is -0.134. The van der Waals surface area contributed by atoms with Gasteiger partial charge >= 0.3 is 11.8 Å². The molecular weight excluding hydrogens is 360 g/mol. The zero-order chi connectivity index (χ0) is 19.5. The van der Waals surface area contributed by atoms with Crippen LogP contribution in [0, 0.1) is 0 Å². The number of hydrogen-bond acceptors (Lipinski definition) is 6. The van der Waals surface area contributed by atoms with Crippen molar-refractivity contribution in [1.29, 1.82) is 0 Å². The summed E-state index contributed by atoms with van der Waals surface area (Å²) in [5.41, 5.74) is 2.15. The molecule has 3 aromatic rings. The lowest BCUT2D eigenvalue weighted by Gasteiger charge is -2.32. The van der Waals surface area contributed by atoms with E-state index in [1.54, 1.807) is 35.5 Å². The number of nitrogens with zero attached hydrogens (tertiary/aromatic N) is 4. The quantitative estimate of drug-likeness (QED) is 0.671. The number of carbonyl (C=O) groups is 1. The van der Waals surface area contributed by atoms with Gasteiger partial charge in [-0.2, -0.15) is 0 Å². The maximum atomic E-state index is 12.8. The molecule has 1 aromatic carbocycles. The van der Waals surface area contributed by atoms with Crippen LogP contribution in [0.3, 0.4) is 0 Å².